The molecule has 5 nitrogen and oxygen atoms in total. The number of anilines is 1. The minimum Gasteiger partial charge on any atom is -0.497 e. The van der Waals surface area contributed by atoms with Crippen LogP contribution in [0.15, 0.2) is 36.4 Å². The minimum absolute atomic E-state index is 0.0925. The number of carbonyl (C=O) groups excluding carboxylic acids is 2. The van der Waals surface area contributed by atoms with Crippen LogP contribution < -0.4 is 10.1 Å². The van der Waals surface area contributed by atoms with Crippen molar-refractivity contribution in [1.82, 2.24) is 4.90 Å². The van der Waals surface area contributed by atoms with Gasteiger partial charge in [0.05, 0.1) is 7.11 Å². The highest BCUT2D eigenvalue weighted by atomic mass is 16.5. The zero-order valence-corrected chi connectivity index (χ0v) is 11.9. The van der Waals surface area contributed by atoms with E-state index in [0.717, 1.165) is 18.6 Å². The molecule has 1 fully saturated rings. The maximum atomic E-state index is 12.3. The number of amides is 2. The maximum Gasteiger partial charge on any atom is 0.251 e. The molecular formula is C16H18N2O3. The molecule has 21 heavy (non-hydrogen) atoms. The van der Waals surface area contributed by atoms with E-state index in [1.807, 2.05) is 6.08 Å². The first kappa shape index (κ1) is 13.7. The monoisotopic (exact) mass is 286 g/mol. The van der Waals surface area contributed by atoms with Crippen LogP contribution in [-0.2, 0) is 9.59 Å². The number of hydrogen-bond acceptors (Lipinski definition) is 3. The van der Waals surface area contributed by atoms with Crippen molar-refractivity contribution in [2.24, 2.45) is 5.92 Å². The average Bonchev–Trinajstić information content (AvgIpc) is 3.23. The molecule has 0 bridgehead atoms. The highest BCUT2D eigenvalue weighted by molar-refractivity contribution is 5.99. The molecule has 1 aliphatic carbocycles. The fraction of sp³-hybridized carbons (Fsp3) is 0.375. The number of ether oxygens (including phenoxy) is 1. The standard InChI is InChI=1S/C16H18N2O3/c1-21-13-8-6-12(7-9-13)17-15(19)14-3-2-10-18(14)16(20)11-4-5-11/h2-3,6-9,11,14H,4-5,10H2,1H3,(H,17,19)/t14-/m1/s1. The molecule has 0 saturated heterocycles. The Kier molecular flexibility index (Phi) is 3.64. The SMILES string of the molecule is COc1ccc(NC(=O)[C@H]2C=CCN2C(=O)C2CC2)cc1. The normalized spacial score (nSPS) is 20.4. The summed E-state index contributed by atoms with van der Waals surface area (Å²) in [6.45, 7) is 0.524. The summed E-state index contributed by atoms with van der Waals surface area (Å²) in [5.74, 6) is 0.776. The van der Waals surface area contributed by atoms with Crippen molar-refractivity contribution in [3.05, 3.63) is 36.4 Å². The lowest BCUT2D eigenvalue weighted by Gasteiger charge is -2.23. The molecule has 1 aromatic rings. The van der Waals surface area contributed by atoms with Gasteiger partial charge in [0.25, 0.3) is 5.91 Å². The molecule has 0 radical (unpaired) electrons. The van der Waals surface area contributed by atoms with E-state index in [2.05, 4.69) is 5.32 Å². The predicted molar refractivity (Wildman–Crippen MR) is 79.0 cm³/mol. The van der Waals surface area contributed by atoms with Gasteiger partial charge in [0.1, 0.15) is 11.8 Å². The van der Waals surface area contributed by atoms with Crippen molar-refractivity contribution >= 4 is 17.5 Å². The van der Waals surface area contributed by atoms with E-state index >= 15 is 0 Å². The highest BCUT2D eigenvalue weighted by Crippen LogP contribution is 2.32. The second-order valence-electron chi connectivity index (χ2n) is 5.36. The molecule has 1 saturated carbocycles. The van der Waals surface area contributed by atoms with Gasteiger partial charge in [-0.2, -0.15) is 0 Å². The molecule has 0 spiro atoms. The van der Waals surface area contributed by atoms with Crippen LogP contribution in [0.2, 0.25) is 0 Å². The van der Waals surface area contributed by atoms with E-state index in [4.69, 9.17) is 4.74 Å². The molecular weight excluding hydrogens is 268 g/mol. The van der Waals surface area contributed by atoms with Crippen LogP contribution in [0.1, 0.15) is 12.8 Å². The van der Waals surface area contributed by atoms with Crippen molar-refractivity contribution < 1.29 is 14.3 Å². The van der Waals surface area contributed by atoms with Gasteiger partial charge < -0.3 is 15.0 Å². The lowest BCUT2D eigenvalue weighted by atomic mass is 10.2. The number of nitrogens with zero attached hydrogens (tertiary/aromatic N) is 1. The Morgan fingerprint density at radius 1 is 1.24 bits per heavy atom. The number of rotatable bonds is 4. The Morgan fingerprint density at radius 2 is 1.95 bits per heavy atom. The molecule has 0 unspecified atom stereocenters. The topological polar surface area (TPSA) is 58.6 Å². The van der Waals surface area contributed by atoms with Crippen LogP contribution in [0, 0.1) is 5.92 Å². The van der Waals surface area contributed by atoms with Crippen molar-refractivity contribution in [3.63, 3.8) is 0 Å². The summed E-state index contributed by atoms with van der Waals surface area (Å²) >= 11 is 0. The summed E-state index contributed by atoms with van der Waals surface area (Å²) < 4.78 is 5.08. The van der Waals surface area contributed by atoms with Crippen molar-refractivity contribution in [2.75, 3.05) is 19.0 Å². The average molecular weight is 286 g/mol. The summed E-state index contributed by atoms with van der Waals surface area (Å²) in [7, 11) is 1.60. The number of benzene rings is 1. The second-order valence-corrected chi connectivity index (χ2v) is 5.36. The Morgan fingerprint density at radius 3 is 2.57 bits per heavy atom. The second kappa shape index (κ2) is 5.60. The zero-order chi connectivity index (χ0) is 14.8. The van der Waals surface area contributed by atoms with E-state index in [1.54, 1.807) is 42.4 Å². The third-order valence-electron chi connectivity index (χ3n) is 3.79. The van der Waals surface area contributed by atoms with Crippen LogP contribution in [0.4, 0.5) is 5.69 Å². The summed E-state index contributed by atoms with van der Waals surface area (Å²) in [6.07, 6.45) is 5.56. The van der Waals surface area contributed by atoms with Crippen LogP contribution in [-0.4, -0.2) is 36.4 Å². The van der Waals surface area contributed by atoms with Crippen LogP contribution in [0.25, 0.3) is 0 Å². The van der Waals surface area contributed by atoms with E-state index in [9.17, 15) is 9.59 Å². The molecule has 2 aliphatic rings. The molecule has 1 aliphatic heterocycles. The van der Waals surface area contributed by atoms with Gasteiger partial charge in [0, 0.05) is 18.2 Å². The van der Waals surface area contributed by atoms with Gasteiger partial charge in [-0.15, -0.1) is 0 Å². The first-order valence-corrected chi connectivity index (χ1v) is 7.11. The van der Waals surface area contributed by atoms with Gasteiger partial charge in [-0.3, -0.25) is 9.59 Å². The third kappa shape index (κ3) is 2.91. The predicted octanol–water partition coefficient (Wildman–Crippen LogP) is 1.81. The zero-order valence-electron chi connectivity index (χ0n) is 11.9. The molecule has 1 N–H and O–H groups in total. The molecule has 2 amide bonds. The van der Waals surface area contributed by atoms with E-state index in [1.165, 1.54) is 0 Å². The number of nitrogens with one attached hydrogen (secondary N) is 1. The Balaban J connectivity index is 1.65. The van der Waals surface area contributed by atoms with E-state index in [0.29, 0.717) is 12.2 Å². The molecule has 5 heteroatoms. The van der Waals surface area contributed by atoms with Gasteiger partial charge in [0.2, 0.25) is 5.91 Å². The van der Waals surface area contributed by atoms with Gasteiger partial charge in [-0.25, -0.2) is 0 Å². The maximum absolute atomic E-state index is 12.3. The lowest BCUT2D eigenvalue weighted by Crippen LogP contribution is -2.44. The van der Waals surface area contributed by atoms with Crippen LogP contribution in [0.5, 0.6) is 5.75 Å². The Labute approximate surface area is 123 Å². The molecule has 1 heterocycles. The van der Waals surface area contributed by atoms with Gasteiger partial charge in [0.15, 0.2) is 0 Å². The lowest BCUT2D eigenvalue weighted by molar-refractivity contribution is -0.137. The largest absolute Gasteiger partial charge is 0.497 e. The Bertz CT molecular complexity index is 576. The van der Waals surface area contributed by atoms with Crippen LogP contribution >= 0.6 is 0 Å². The van der Waals surface area contributed by atoms with Crippen molar-refractivity contribution in [3.8, 4) is 5.75 Å². The fourth-order valence-electron chi connectivity index (χ4n) is 2.43. The van der Waals surface area contributed by atoms with E-state index in [-0.39, 0.29) is 17.7 Å². The number of carbonyl (C=O) groups is 2. The van der Waals surface area contributed by atoms with Gasteiger partial charge in [-0.05, 0) is 37.1 Å². The molecule has 3 rings (SSSR count). The number of hydrogen-bond donors (Lipinski definition) is 1. The summed E-state index contributed by atoms with van der Waals surface area (Å²) in [5.41, 5.74) is 0.694. The third-order valence-corrected chi connectivity index (χ3v) is 3.79. The quantitative estimate of drug-likeness (QED) is 0.859. The molecule has 0 aromatic heterocycles. The summed E-state index contributed by atoms with van der Waals surface area (Å²) in [5, 5.41) is 2.84. The van der Waals surface area contributed by atoms with E-state index < -0.39 is 6.04 Å². The fourth-order valence-corrected chi connectivity index (χ4v) is 2.43. The van der Waals surface area contributed by atoms with Gasteiger partial charge >= 0.3 is 0 Å². The first-order chi connectivity index (χ1) is 10.2. The van der Waals surface area contributed by atoms with Crippen molar-refractivity contribution in [2.45, 2.75) is 18.9 Å². The molecule has 1 aromatic carbocycles. The highest BCUT2D eigenvalue weighted by Gasteiger charge is 2.38. The molecule has 1 atom stereocenters. The first-order valence-electron chi connectivity index (χ1n) is 7.11. The molecule has 110 valence electrons. The summed E-state index contributed by atoms with van der Waals surface area (Å²) in [6, 6.07) is 6.63. The number of methoxy groups -OCH3 is 1. The summed E-state index contributed by atoms with van der Waals surface area (Å²) in [4.78, 5) is 26.1. The van der Waals surface area contributed by atoms with Gasteiger partial charge in [-0.1, -0.05) is 12.2 Å². The Hall–Kier alpha value is -2.30. The minimum atomic E-state index is -0.500. The smallest absolute Gasteiger partial charge is 0.251 e. The van der Waals surface area contributed by atoms with Crippen LogP contribution in [0.3, 0.4) is 0 Å². The van der Waals surface area contributed by atoms with Crippen molar-refractivity contribution in [1.29, 1.82) is 0 Å².